The molecule has 4 heteroatoms. The molecule has 3 nitrogen and oxygen atoms in total. The van der Waals surface area contributed by atoms with E-state index in [0.29, 0.717) is 0 Å². The van der Waals surface area contributed by atoms with Crippen LogP contribution in [0.25, 0.3) is 0 Å². The fourth-order valence-electron chi connectivity index (χ4n) is 1.49. The Morgan fingerprint density at radius 3 is 2.73 bits per heavy atom. The van der Waals surface area contributed by atoms with Gasteiger partial charge in [0.15, 0.2) is 0 Å². The maximum Gasteiger partial charge on any atom is 0.0593 e. The molecule has 2 aromatic heterocycles. The predicted octanol–water partition coefficient (Wildman–Crippen LogP) is 1.89. The van der Waals surface area contributed by atoms with E-state index in [1.54, 1.807) is 23.7 Å². The Bertz CT molecular complexity index is 385. The van der Waals surface area contributed by atoms with Crippen molar-refractivity contribution in [2.75, 3.05) is 0 Å². The Kier molecular flexibility index (Phi) is 3.45. The molecule has 2 aromatic rings. The van der Waals surface area contributed by atoms with Gasteiger partial charge in [0.05, 0.1) is 6.04 Å². The van der Waals surface area contributed by atoms with Gasteiger partial charge in [0.1, 0.15) is 0 Å². The first-order chi connectivity index (χ1) is 7.40. The molecule has 0 fully saturated rings. The quantitative estimate of drug-likeness (QED) is 0.610. The molecule has 0 bridgehead atoms. The molecule has 0 radical (unpaired) electrons. The lowest BCUT2D eigenvalue weighted by Crippen LogP contribution is -2.28. The summed E-state index contributed by atoms with van der Waals surface area (Å²) in [6.07, 6.45) is 4.49. The number of nitrogens with one attached hydrogen (secondary N) is 1. The van der Waals surface area contributed by atoms with Crippen molar-refractivity contribution >= 4 is 11.3 Å². The summed E-state index contributed by atoms with van der Waals surface area (Å²) in [6, 6.07) is 8.34. The van der Waals surface area contributed by atoms with Gasteiger partial charge in [-0.2, -0.15) is 0 Å². The lowest BCUT2D eigenvalue weighted by molar-refractivity contribution is 0.560. The first kappa shape index (κ1) is 10.3. The van der Waals surface area contributed by atoms with E-state index in [-0.39, 0.29) is 6.04 Å². The molecule has 1 atom stereocenters. The van der Waals surface area contributed by atoms with Crippen LogP contribution in [0.2, 0.25) is 0 Å². The summed E-state index contributed by atoms with van der Waals surface area (Å²) >= 11 is 1.72. The van der Waals surface area contributed by atoms with Gasteiger partial charge in [-0.1, -0.05) is 6.07 Å². The second kappa shape index (κ2) is 5.02. The van der Waals surface area contributed by atoms with Gasteiger partial charge in [0, 0.05) is 17.3 Å². The van der Waals surface area contributed by atoms with Gasteiger partial charge in [-0.05, 0) is 35.6 Å². The predicted molar refractivity (Wildman–Crippen MR) is 62.3 cm³/mol. The minimum Gasteiger partial charge on any atom is -0.271 e. The molecule has 0 aromatic carbocycles. The smallest absolute Gasteiger partial charge is 0.0593 e. The highest BCUT2D eigenvalue weighted by Crippen LogP contribution is 2.21. The third-order valence-electron chi connectivity index (χ3n) is 2.28. The Labute approximate surface area is 92.9 Å². The van der Waals surface area contributed by atoms with Crippen LogP contribution in [-0.4, -0.2) is 4.98 Å². The number of pyridine rings is 1. The third kappa shape index (κ3) is 2.62. The lowest BCUT2D eigenvalue weighted by Gasteiger charge is -2.13. The number of hydrogen-bond acceptors (Lipinski definition) is 4. The molecule has 0 aliphatic heterocycles. The first-order valence-corrected chi connectivity index (χ1v) is 5.66. The van der Waals surface area contributed by atoms with Crippen molar-refractivity contribution in [1.82, 2.24) is 10.4 Å². The molecule has 15 heavy (non-hydrogen) atoms. The molecule has 0 amide bonds. The van der Waals surface area contributed by atoms with Crippen LogP contribution in [0.5, 0.6) is 0 Å². The van der Waals surface area contributed by atoms with Crippen LogP contribution >= 0.6 is 11.3 Å². The zero-order valence-corrected chi connectivity index (χ0v) is 9.08. The molecule has 0 saturated carbocycles. The molecule has 2 heterocycles. The Morgan fingerprint density at radius 1 is 1.33 bits per heavy atom. The van der Waals surface area contributed by atoms with Crippen molar-refractivity contribution in [2.24, 2.45) is 5.84 Å². The van der Waals surface area contributed by atoms with E-state index in [0.717, 1.165) is 6.42 Å². The van der Waals surface area contributed by atoms with Gasteiger partial charge in [-0.3, -0.25) is 16.3 Å². The highest BCUT2D eigenvalue weighted by molar-refractivity contribution is 7.10. The van der Waals surface area contributed by atoms with E-state index in [2.05, 4.69) is 21.9 Å². The van der Waals surface area contributed by atoms with Crippen LogP contribution in [-0.2, 0) is 6.42 Å². The summed E-state index contributed by atoms with van der Waals surface area (Å²) in [5.74, 6) is 5.55. The molecule has 0 spiro atoms. The van der Waals surface area contributed by atoms with Gasteiger partial charge >= 0.3 is 0 Å². The standard InChI is InChI=1S/C11H13N3S/c12-14-10(11-2-1-7-15-11)8-9-3-5-13-6-4-9/h1-7,10,14H,8,12H2. The Morgan fingerprint density at radius 2 is 2.13 bits per heavy atom. The van der Waals surface area contributed by atoms with E-state index < -0.39 is 0 Å². The normalized spacial score (nSPS) is 12.6. The minimum absolute atomic E-state index is 0.187. The first-order valence-electron chi connectivity index (χ1n) is 4.78. The van der Waals surface area contributed by atoms with Crippen LogP contribution in [0.4, 0.5) is 0 Å². The van der Waals surface area contributed by atoms with Crippen molar-refractivity contribution in [3.8, 4) is 0 Å². The summed E-state index contributed by atoms with van der Waals surface area (Å²) in [7, 11) is 0. The van der Waals surface area contributed by atoms with E-state index in [4.69, 9.17) is 5.84 Å². The van der Waals surface area contributed by atoms with Crippen molar-refractivity contribution in [2.45, 2.75) is 12.5 Å². The summed E-state index contributed by atoms with van der Waals surface area (Å²) in [5, 5.41) is 2.06. The molecule has 0 aliphatic carbocycles. The number of hydrogen-bond donors (Lipinski definition) is 2. The number of thiophene rings is 1. The second-order valence-electron chi connectivity index (χ2n) is 3.29. The zero-order valence-electron chi connectivity index (χ0n) is 8.26. The molecule has 0 saturated heterocycles. The van der Waals surface area contributed by atoms with Gasteiger partial charge < -0.3 is 0 Å². The SMILES string of the molecule is NNC(Cc1ccncc1)c1cccs1. The third-order valence-corrected chi connectivity index (χ3v) is 3.26. The highest BCUT2D eigenvalue weighted by Gasteiger charge is 2.10. The van der Waals surface area contributed by atoms with Gasteiger partial charge in [0.25, 0.3) is 0 Å². The Hall–Kier alpha value is -1.23. The maximum absolute atomic E-state index is 5.55. The summed E-state index contributed by atoms with van der Waals surface area (Å²) < 4.78 is 0. The molecule has 0 aliphatic rings. The lowest BCUT2D eigenvalue weighted by atomic mass is 10.1. The second-order valence-corrected chi connectivity index (χ2v) is 4.27. The van der Waals surface area contributed by atoms with Crippen molar-refractivity contribution in [3.05, 3.63) is 52.5 Å². The fraction of sp³-hybridized carbons (Fsp3) is 0.182. The maximum atomic E-state index is 5.55. The van der Waals surface area contributed by atoms with Crippen molar-refractivity contribution < 1.29 is 0 Å². The van der Waals surface area contributed by atoms with E-state index >= 15 is 0 Å². The molecule has 2 rings (SSSR count). The number of hydrazine groups is 1. The number of nitrogens with zero attached hydrogens (tertiary/aromatic N) is 1. The molecule has 3 N–H and O–H groups in total. The minimum atomic E-state index is 0.187. The summed E-state index contributed by atoms with van der Waals surface area (Å²) in [5.41, 5.74) is 4.08. The number of aromatic nitrogens is 1. The van der Waals surface area contributed by atoms with Crippen LogP contribution < -0.4 is 11.3 Å². The van der Waals surface area contributed by atoms with Gasteiger partial charge in [-0.15, -0.1) is 11.3 Å². The van der Waals surface area contributed by atoms with E-state index in [1.807, 2.05) is 18.2 Å². The highest BCUT2D eigenvalue weighted by atomic mass is 32.1. The summed E-state index contributed by atoms with van der Waals surface area (Å²) in [6.45, 7) is 0. The number of rotatable bonds is 4. The van der Waals surface area contributed by atoms with Crippen molar-refractivity contribution in [3.63, 3.8) is 0 Å². The van der Waals surface area contributed by atoms with Crippen LogP contribution in [0.3, 0.4) is 0 Å². The molecular weight excluding hydrogens is 206 g/mol. The zero-order chi connectivity index (χ0) is 10.5. The average Bonchev–Trinajstić information content (AvgIpc) is 2.81. The molecule has 78 valence electrons. The van der Waals surface area contributed by atoms with Gasteiger partial charge in [0.2, 0.25) is 0 Å². The molecule has 1 unspecified atom stereocenters. The number of nitrogens with two attached hydrogens (primary N) is 1. The van der Waals surface area contributed by atoms with Crippen molar-refractivity contribution in [1.29, 1.82) is 0 Å². The van der Waals surface area contributed by atoms with E-state index in [1.165, 1.54) is 10.4 Å². The largest absolute Gasteiger partial charge is 0.271 e. The average molecular weight is 219 g/mol. The van der Waals surface area contributed by atoms with E-state index in [9.17, 15) is 0 Å². The topological polar surface area (TPSA) is 50.9 Å². The van der Waals surface area contributed by atoms with Gasteiger partial charge in [-0.25, -0.2) is 0 Å². The fourth-order valence-corrected chi connectivity index (χ4v) is 2.27. The Balaban J connectivity index is 2.10. The van der Waals surface area contributed by atoms with Crippen LogP contribution in [0.15, 0.2) is 42.0 Å². The summed E-state index contributed by atoms with van der Waals surface area (Å²) in [4.78, 5) is 5.25. The van der Waals surface area contributed by atoms with Crippen LogP contribution in [0, 0.1) is 0 Å². The van der Waals surface area contributed by atoms with Crippen LogP contribution in [0.1, 0.15) is 16.5 Å². The molecular formula is C11H13N3S. The monoisotopic (exact) mass is 219 g/mol.